The zero-order valence-corrected chi connectivity index (χ0v) is 10.5. The Bertz CT molecular complexity index is 451. The number of nitriles is 1. The highest BCUT2D eigenvalue weighted by atomic mass is 32.2. The van der Waals surface area contributed by atoms with Gasteiger partial charge in [0, 0.05) is 24.1 Å². The molecule has 0 bridgehead atoms. The van der Waals surface area contributed by atoms with Crippen LogP contribution in [0.1, 0.15) is 29.4 Å². The number of carbonyl (C=O) groups excluding carboxylic acids is 1. The zero-order chi connectivity index (χ0) is 12.3. The van der Waals surface area contributed by atoms with Crippen LogP contribution in [0.4, 0.5) is 0 Å². The third-order valence-corrected chi connectivity index (χ3v) is 4.05. The van der Waals surface area contributed by atoms with Crippen molar-refractivity contribution in [2.75, 3.05) is 18.8 Å². The van der Waals surface area contributed by atoms with Crippen LogP contribution < -0.4 is 0 Å². The maximum Gasteiger partial charge on any atom is 0.273 e. The fraction of sp³-hybridized carbons (Fsp3) is 0.545. The molecule has 2 rings (SSSR count). The number of nitrogens with one attached hydrogen (secondary N) is 1. The van der Waals surface area contributed by atoms with E-state index in [2.05, 4.69) is 17.1 Å². The Morgan fingerprint density at radius 3 is 3.29 bits per heavy atom. The van der Waals surface area contributed by atoms with E-state index in [1.807, 2.05) is 17.8 Å². The molecule has 17 heavy (non-hydrogen) atoms. The van der Waals surface area contributed by atoms with Crippen molar-refractivity contribution in [2.45, 2.75) is 18.6 Å². The number of H-pyrrole nitrogens is 1. The van der Waals surface area contributed by atoms with Gasteiger partial charge in [0.25, 0.3) is 5.91 Å². The van der Waals surface area contributed by atoms with E-state index >= 15 is 0 Å². The monoisotopic (exact) mass is 250 g/mol. The summed E-state index contributed by atoms with van der Waals surface area (Å²) in [6, 6.07) is 1.97. The molecule has 1 amide bonds. The lowest BCUT2D eigenvalue weighted by atomic mass is 10.2. The molecule has 1 saturated heterocycles. The average molecular weight is 250 g/mol. The van der Waals surface area contributed by atoms with E-state index in [-0.39, 0.29) is 5.91 Å². The van der Waals surface area contributed by atoms with Gasteiger partial charge < -0.3 is 4.90 Å². The molecule has 1 aromatic rings. The Kier molecular flexibility index (Phi) is 3.69. The molecule has 2 heterocycles. The number of rotatable bonds is 1. The number of aromatic amines is 1. The Morgan fingerprint density at radius 1 is 1.71 bits per heavy atom. The van der Waals surface area contributed by atoms with Crippen LogP contribution in [0.15, 0.2) is 6.20 Å². The van der Waals surface area contributed by atoms with Gasteiger partial charge in [-0.1, -0.05) is 6.92 Å². The first-order chi connectivity index (χ1) is 8.22. The molecule has 1 fully saturated rings. The Balaban J connectivity index is 2.12. The van der Waals surface area contributed by atoms with Crippen molar-refractivity contribution >= 4 is 17.7 Å². The molecule has 0 aromatic carbocycles. The van der Waals surface area contributed by atoms with Crippen LogP contribution in [0, 0.1) is 11.3 Å². The fourth-order valence-corrected chi connectivity index (χ4v) is 2.79. The van der Waals surface area contributed by atoms with Crippen LogP contribution in [0.3, 0.4) is 0 Å². The highest BCUT2D eigenvalue weighted by Gasteiger charge is 2.23. The van der Waals surface area contributed by atoms with E-state index in [0.717, 1.165) is 25.3 Å². The van der Waals surface area contributed by atoms with Gasteiger partial charge in [0.2, 0.25) is 0 Å². The van der Waals surface area contributed by atoms with Crippen molar-refractivity contribution in [2.24, 2.45) is 0 Å². The first-order valence-corrected chi connectivity index (χ1v) is 6.61. The molecule has 1 aromatic heterocycles. The maximum atomic E-state index is 12.2. The van der Waals surface area contributed by atoms with Crippen LogP contribution in [-0.2, 0) is 0 Å². The van der Waals surface area contributed by atoms with Gasteiger partial charge in [-0.05, 0) is 6.42 Å². The normalized spacial score (nSPS) is 20.7. The lowest BCUT2D eigenvalue weighted by molar-refractivity contribution is 0.0761. The van der Waals surface area contributed by atoms with Crippen molar-refractivity contribution in [1.82, 2.24) is 15.1 Å². The topological polar surface area (TPSA) is 72.8 Å². The van der Waals surface area contributed by atoms with Crippen molar-refractivity contribution in [3.05, 3.63) is 17.5 Å². The molecule has 1 aliphatic heterocycles. The van der Waals surface area contributed by atoms with Crippen LogP contribution in [0.2, 0.25) is 0 Å². The van der Waals surface area contributed by atoms with Gasteiger partial charge in [0.15, 0.2) is 0 Å². The number of amides is 1. The summed E-state index contributed by atoms with van der Waals surface area (Å²) < 4.78 is 0. The fourth-order valence-electron chi connectivity index (χ4n) is 1.79. The van der Waals surface area contributed by atoms with Gasteiger partial charge in [-0.2, -0.15) is 22.1 Å². The van der Waals surface area contributed by atoms with E-state index in [1.54, 1.807) is 4.90 Å². The molecule has 0 spiro atoms. The number of thioether (sulfide) groups is 1. The number of carbonyl (C=O) groups is 1. The van der Waals surface area contributed by atoms with Crippen LogP contribution in [0.5, 0.6) is 0 Å². The minimum absolute atomic E-state index is 0.117. The molecule has 0 radical (unpaired) electrons. The lowest BCUT2D eigenvalue weighted by Crippen LogP contribution is -2.33. The van der Waals surface area contributed by atoms with E-state index in [0.29, 0.717) is 16.5 Å². The van der Waals surface area contributed by atoms with E-state index in [1.165, 1.54) is 6.20 Å². The maximum absolute atomic E-state index is 12.2. The summed E-state index contributed by atoms with van der Waals surface area (Å²) in [5.74, 6) is 0.830. The highest BCUT2D eigenvalue weighted by molar-refractivity contribution is 7.99. The van der Waals surface area contributed by atoms with Crippen LogP contribution in [-0.4, -0.2) is 45.1 Å². The minimum Gasteiger partial charge on any atom is -0.336 e. The quantitative estimate of drug-likeness (QED) is 0.814. The van der Waals surface area contributed by atoms with E-state index < -0.39 is 0 Å². The highest BCUT2D eigenvalue weighted by Crippen LogP contribution is 2.20. The summed E-state index contributed by atoms with van der Waals surface area (Å²) >= 11 is 1.88. The molecule has 1 N–H and O–H groups in total. The third kappa shape index (κ3) is 2.61. The molecule has 90 valence electrons. The number of nitrogens with zero attached hydrogens (tertiary/aromatic N) is 3. The second-order valence-electron chi connectivity index (χ2n) is 4.03. The molecule has 1 atom stereocenters. The van der Waals surface area contributed by atoms with Gasteiger partial charge in [0.1, 0.15) is 17.3 Å². The Labute approximate surface area is 104 Å². The lowest BCUT2D eigenvalue weighted by Gasteiger charge is -2.19. The molecular formula is C11H14N4OS. The molecule has 0 aliphatic carbocycles. The SMILES string of the molecule is CC1CCN(C(=O)c2[nH]ncc2C#N)CCS1. The predicted molar refractivity (Wildman–Crippen MR) is 65.7 cm³/mol. The summed E-state index contributed by atoms with van der Waals surface area (Å²) in [5.41, 5.74) is 0.631. The molecule has 1 unspecified atom stereocenters. The van der Waals surface area contributed by atoms with Crippen molar-refractivity contribution in [1.29, 1.82) is 5.26 Å². The summed E-state index contributed by atoms with van der Waals surface area (Å²) in [7, 11) is 0. The first kappa shape index (κ1) is 12.0. The Morgan fingerprint density at radius 2 is 2.53 bits per heavy atom. The Hall–Kier alpha value is -1.48. The summed E-state index contributed by atoms with van der Waals surface area (Å²) in [4.78, 5) is 14.0. The number of hydrogen-bond acceptors (Lipinski definition) is 4. The standard InChI is InChI=1S/C11H14N4OS/c1-8-2-3-15(4-5-17-8)11(16)10-9(6-12)7-13-14-10/h7-8H,2-5H2,1H3,(H,13,14). The van der Waals surface area contributed by atoms with Gasteiger partial charge in [-0.15, -0.1) is 0 Å². The summed E-state index contributed by atoms with van der Waals surface area (Å²) in [6.45, 7) is 3.66. The summed E-state index contributed by atoms with van der Waals surface area (Å²) in [6.07, 6.45) is 2.38. The minimum atomic E-state index is -0.117. The van der Waals surface area contributed by atoms with Gasteiger partial charge in [-0.25, -0.2) is 0 Å². The molecule has 6 heteroatoms. The summed E-state index contributed by atoms with van der Waals surface area (Å²) in [5, 5.41) is 15.8. The second kappa shape index (κ2) is 5.23. The molecular weight excluding hydrogens is 236 g/mol. The van der Waals surface area contributed by atoms with Crippen molar-refractivity contribution in [3.8, 4) is 6.07 Å². The third-order valence-electron chi connectivity index (χ3n) is 2.83. The van der Waals surface area contributed by atoms with E-state index in [9.17, 15) is 4.79 Å². The number of hydrogen-bond donors (Lipinski definition) is 1. The van der Waals surface area contributed by atoms with Crippen LogP contribution in [0.25, 0.3) is 0 Å². The first-order valence-electron chi connectivity index (χ1n) is 5.56. The van der Waals surface area contributed by atoms with Gasteiger partial charge in [0.05, 0.1) is 6.20 Å². The van der Waals surface area contributed by atoms with Gasteiger partial charge in [-0.3, -0.25) is 9.89 Å². The van der Waals surface area contributed by atoms with E-state index in [4.69, 9.17) is 5.26 Å². The predicted octanol–water partition coefficient (Wildman–Crippen LogP) is 1.25. The van der Waals surface area contributed by atoms with Crippen LogP contribution >= 0.6 is 11.8 Å². The smallest absolute Gasteiger partial charge is 0.273 e. The molecule has 5 nitrogen and oxygen atoms in total. The largest absolute Gasteiger partial charge is 0.336 e. The average Bonchev–Trinajstić information content (AvgIpc) is 2.70. The zero-order valence-electron chi connectivity index (χ0n) is 9.64. The van der Waals surface area contributed by atoms with Crippen molar-refractivity contribution in [3.63, 3.8) is 0 Å². The van der Waals surface area contributed by atoms with Crippen molar-refractivity contribution < 1.29 is 4.79 Å². The molecule has 0 saturated carbocycles. The molecule has 1 aliphatic rings. The second-order valence-corrected chi connectivity index (χ2v) is 5.58. The number of aromatic nitrogens is 2. The van der Waals surface area contributed by atoms with Gasteiger partial charge >= 0.3 is 0 Å².